The molecule has 6 nitrogen and oxygen atoms in total. The van der Waals surface area contributed by atoms with Crippen LogP contribution in [0.4, 0.5) is 5.69 Å². The van der Waals surface area contributed by atoms with Gasteiger partial charge in [0.05, 0.1) is 17.0 Å². The molecule has 0 bridgehead atoms. The summed E-state index contributed by atoms with van der Waals surface area (Å²) in [5, 5.41) is 20.4. The molecule has 23 heavy (non-hydrogen) atoms. The Labute approximate surface area is 134 Å². The molecular formula is C17H20N2O4. The maximum atomic E-state index is 11.1. The van der Waals surface area contributed by atoms with Crippen molar-refractivity contribution in [2.24, 2.45) is 5.92 Å². The first kappa shape index (κ1) is 15.7. The van der Waals surface area contributed by atoms with Crippen LogP contribution in [0.2, 0.25) is 0 Å². The highest BCUT2D eigenvalue weighted by Gasteiger charge is 2.21. The van der Waals surface area contributed by atoms with Crippen molar-refractivity contribution in [3.63, 3.8) is 0 Å². The highest BCUT2D eigenvalue weighted by Crippen LogP contribution is 2.31. The Morgan fingerprint density at radius 2 is 2.13 bits per heavy atom. The Kier molecular flexibility index (Phi) is 4.73. The Balaban J connectivity index is 1.75. The zero-order valence-electron chi connectivity index (χ0n) is 12.9. The molecule has 0 spiro atoms. The lowest BCUT2D eigenvalue weighted by Crippen LogP contribution is -2.36. The van der Waals surface area contributed by atoms with E-state index in [9.17, 15) is 15.2 Å². The van der Waals surface area contributed by atoms with Gasteiger partial charge < -0.3 is 9.52 Å². The number of nitrogens with zero attached hydrogens (tertiary/aromatic N) is 2. The minimum Gasteiger partial charge on any atom is -0.459 e. The SMILES string of the molecule is O=[N+]([O-])c1ccccc1-c1ccc(CN2CCCC(CO)C2)o1. The third-order valence-electron chi connectivity index (χ3n) is 4.27. The van der Waals surface area contributed by atoms with Crippen molar-refractivity contribution in [2.75, 3.05) is 19.7 Å². The Hall–Kier alpha value is -2.18. The zero-order valence-corrected chi connectivity index (χ0v) is 12.9. The summed E-state index contributed by atoms with van der Waals surface area (Å²) < 4.78 is 5.82. The molecule has 1 aliphatic heterocycles. The van der Waals surface area contributed by atoms with Crippen LogP contribution in [0.1, 0.15) is 18.6 Å². The van der Waals surface area contributed by atoms with Crippen molar-refractivity contribution in [2.45, 2.75) is 19.4 Å². The molecule has 6 heteroatoms. The Morgan fingerprint density at radius 1 is 1.30 bits per heavy atom. The monoisotopic (exact) mass is 316 g/mol. The van der Waals surface area contributed by atoms with E-state index in [1.165, 1.54) is 6.07 Å². The number of aliphatic hydroxyl groups is 1. The molecule has 2 aromatic rings. The molecule has 1 fully saturated rings. The summed E-state index contributed by atoms with van der Waals surface area (Å²) in [7, 11) is 0. The number of likely N-dealkylation sites (tertiary alicyclic amines) is 1. The minimum atomic E-state index is -0.395. The fourth-order valence-electron chi connectivity index (χ4n) is 3.11. The second-order valence-electron chi connectivity index (χ2n) is 5.97. The molecule has 1 unspecified atom stereocenters. The van der Waals surface area contributed by atoms with Crippen LogP contribution in [0.15, 0.2) is 40.8 Å². The van der Waals surface area contributed by atoms with Gasteiger partial charge >= 0.3 is 0 Å². The fraction of sp³-hybridized carbons (Fsp3) is 0.412. The number of furan rings is 1. The predicted octanol–water partition coefficient (Wildman–Crippen LogP) is 3.06. The highest BCUT2D eigenvalue weighted by molar-refractivity contribution is 5.69. The van der Waals surface area contributed by atoms with Crippen LogP contribution >= 0.6 is 0 Å². The van der Waals surface area contributed by atoms with Crippen LogP contribution in [0.5, 0.6) is 0 Å². The first-order chi connectivity index (χ1) is 11.2. The van der Waals surface area contributed by atoms with Gasteiger partial charge in [-0.1, -0.05) is 12.1 Å². The molecule has 1 atom stereocenters. The van der Waals surface area contributed by atoms with Crippen LogP contribution in [0.25, 0.3) is 11.3 Å². The lowest BCUT2D eigenvalue weighted by molar-refractivity contribution is -0.384. The summed E-state index contributed by atoms with van der Waals surface area (Å²) in [4.78, 5) is 13.0. The smallest absolute Gasteiger partial charge is 0.280 e. The van der Waals surface area contributed by atoms with Crippen molar-refractivity contribution >= 4 is 5.69 Å². The van der Waals surface area contributed by atoms with Crippen molar-refractivity contribution in [3.05, 3.63) is 52.3 Å². The number of benzene rings is 1. The van der Waals surface area contributed by atoms with Crippen LogP contribution in [-0.4, -0.2) is 34.6 Å². The van der Waals surface area contributed by atoms with Crippen LogP contribution in [0.3, 0.4) is 0 Å². The maximum Gasteiger partial charge on any atom is 0.280 e. The van der Waals surface area contributed by atoms with E-state index in [2.05, 4.69) is 4.90 Å². The normalized spacial score (nSPS) is 18.9. The Morgan fingerprint density at radius 3 is 2.91 bits per heavy atom. The van der Waals surface area contributed by atoms with Crippen LogP contribution < -0.4 is 0 Å². The Bertz CT molecular complexity index is 683. The highest BCUT2D eigenvalue weighted by atomic mass is 16.6. The molecule has 2 heterocycles. The second kappa shape index (κ2) is 6.93. The number of rotatable bonds is 5. The second-order valence-corrected chi connectivity index (χ2v) is 5.97. The van der Waals surface area contributed by atoms with Gasteiger partial charge in [0.15, 0.2) is 0 Å². The number of nitro groups is 1. The van der Waals surface area contributed by atoms with E-state index in [-0.39, 0.29) is 12.3 Å². The number of nitro benzene ring substituents is 1. The van der Waals surface area contributed by atoms with E-state index in [0.717, 1.165) is 31.7 Å². The first-order valence-electron chi connectivity index (χ1n) is 7.83. The van der Waals surface area contributed by atoms with E-state index < -0.39 is 4.92 Å². The van der Waals surface area contributed by atoms with Crippen molar-refractivity contribution in [1.82, 2.24) is 4.90 Å². The van der Waals surface area contributed by atoms with E-state index in [4.69, 9.17) is 4.42 Å². The molecule has 0 amide bonds. The van der Waals surface area contributed by atoms with E-state index in [1.807, 2.05) is 6.07 Å². The standard InChI is InChI=1S/C17H20N2O4/c20-12-13-4-3-9-18(10-13)11-14-7-8-17(23-14)15-5-1-2-6-16(15)19(21)22/h1-2,5-8,13,20H,3-4,9-12H2. The molecule has 1 N–H and O–H groups in total. The summed E-state index contributed by atoms with van der Waals surface area (Å²) in [6.45, 7) is 2.73. The van der Waals surface area contributed by atoms with Crippen molar-refractivity contribution in [1.29, 1.82) is 0 Å². The molecule has 0 radical (unpaired) electrons. The van der Waals surface area contributed by atoms with Crippen LogP contribution in [0, 0.1) is 16.0 Å². The minimum absolute atomic E-state index is 0.0479. The quantitative estimate of drug-likeness (QED) is 0.677. The molecule has 1 aliphatic rings. The lowest BCUT2D eigenvalue weighted by atomic mass is 9.99. The molecule has 1 saturated heterocycles. The number of hydrogen-bond acceptors (Lipinski definition) is 5. The zero-order chi connectivity index (χ0) is 16.2. The van der Waals surface area contributed by atoms with E-state index in [0.29, 0.717) is 23.8 Å². The summed E-state index contributed by atoms with van der Waals surface area (Å²) in [6, 6.07) is 10.2. The van der Waals surface area contributed by atoms with Crippen molar-refractivity contribution in [3.8, 4) is 11.3 Å². The first-order valence-corrected chi connectivity index (χ1v) is 7.83. The van der Waals surface area contributed by atoms with Gasteiger partial charge in [0.2, 0.25) is 0 Å². The summed E-state index contributed by atoms with van der Waals surface area (Å²) >= 11 is 0. The van der Waals surface area contributed by atoms with Gasteiger partial charge in [0.25, 0.3) is 5.69 Å². The number of aliphatic hydroxyl groups excluding tert-OH is 1. The molecule has 122 valence electrons. The topological polar surface area (TPSA) is 79.8 Å². The molecule has 1 aromatic carbocycles. The molecular weight excluding hydrogens is 296 g/mol. The number of para-hydroxylation sites is 1. The maximum absolute atomic E-state index is 11.1. The summed E-state index contributed by atoms with van der Waals surface area (Å²) in [5.41, 5.74) is 0.544. The van der Waals surface area contributed by atoms with Crippen molar-refractivity contribution < 1.29 is 14.4 Å². The summed E-state index contributed by atoms with van der Waals surface area (Å²) in [5.74, 6) is 1.63. The van der Waals surface area contributed by atoms with Gasteiger partial charge in [-0.05, 0) is 43.5 Å². The number of piperidine rings is 1. The van der Waals surface area contributed by atoms with Gasteiger partial charge in [-0.25, -0.2) is 0 Å². The van der Waals surface area contributed by atoms with Crippen LogP contribution in [-0.2, 0) is 6.54 Å². The predicted molar refractivity (Wildman–Crippen MR) is 85.9 cm³/mol. The van der Waals surface area contributed by atoms with E-state index in [1.54, 1.807) is 24.3 Å². The lowest BCUT2D eigenvalue weighted by Gasteiger charge is -2.30. The number of hydrogen-bond donors (Lipinski definition) is 1. The van der Waals surface area contributed by atoms with Gasteiger partial charge in [0, 0.05) is 19.2 Å². The molecule has 0 aliphatic carbocycles. The van der Waals surface area contributed by atoms with Gasteiger partial charge in [-0.2, -0.15) is 0 Å². The van der Waals surface area contributed by atoms with E-state index >= 15 is 0 Å². The van der Waals surface area contributed by atoms with Gasteiger partial charge in [0.1, 0.15) is 11.5 Å². The van der Waals surface area contributed by atoms with Gasteiger partial charge in [-0.3, -0.25) is 15.0 Å². The van der Waals surface area contributed by atoms with Gasteiger partial charge in [-0.15, -0.1) is 0 Å². The third kappa shape index (κ3) is 3.60. The molecule has 1 aromatic heterocycles. The molecule has 3 rings (SSSR count). The average molecular weight is 316 g/mol. The fourth-order valence-corrected chi connectivity index (χ4v) is 3.11. The largest absolute Gasteiger partial charge is 0.459 e. The third-order valence-corrected chi connectivity index (χ3v) is 4.27. The molecule has 0 saturated carbocycles. The average Bonchev–Trinajstić information content (AvgIpc) is 3.03. The summed E-state index contributed by atoms with van der Waals surface area (Å²) in [6.07, 6.45) is 2.13.